The number of carbonyl (C=O) groups excluding carboxylic acids is 1. The summed E-state index contributed by atoms with van der Waals surface area (Å²) in [5.41, 5.74) is 3.21. The minimum Gasteiger partial charge on any atom is -0.495 e. The molecule has 0 bridgehead atoms. The number of methoxy groups -OCH3 is 1. The Kier molecular flexibility index (Phi) is 7.48. The summed E-state index contributed by atoms with van der Waals surface area (Å²) in [4.78, 5) is 12.6. The molecule has 1 aromatic heterocycles. The molecular formula is C25H20ClN5O2S. The molecule has 0 spiro atoms. The number of ether oxygens (including phenoxy) is 1. The molecule has 1 N–H and O–H groups in total. The molecule has 0 fully saturated rings. The van der Waals surface area contributed by atoms with Gasteiger partial charge in [0.25, 0.3) is 0 Å². The van der Waals surface area contributed by atoms with E-state index in [0.717, 1.165) is 16.8 Å². The molecule has 0 aliphatic carbocycles. The van der Waals surface area contributed by atoms with Crippen LogP contribution in [0.5, 0.6) is 5.75 Å². The van der Waals surface area contributed by atoms with Crippen molar-refractivity contribution < 1.29 is 9.53 Å². The van der Waals surface area contributed by atoms with Crippen LogP contribution >= 0.6 is 23.4 Å². The third-order valence-electron chi connectivity index (χ3n) is 4.91. The summed E-state index contributed by atoms with van der Waals surface area (Å²) < 4.78 is 7.14. The van der Waals surface area contributed by atoms with E-state index in [1.807, 2.05) is 53.1 Å². The van der Waals surface area contributed by atoms with E-state index in [-0.39, 0.29) is 11.7 Å². The largest absolute Gasteiger partial charge is 0.495 e. The van der Waals surface area contributed by atoms with Crippen LogP contribution in [0.3, 0.4) is 0 Å². The summed E-state index contributed by atoms with van der Waals surface area (Å²) in [7, 11) is 1.56. The fourth-order valence-corrected chi connectivity index (χ4v) is 4.29. The molecule has 0 atom stereocenters. The molecule has 3 aromatic carbocycles. The van der Waals surface area contributed by atoms with E-state index in [1.54, 1.807) is 31.4 Å². The molecule has 0 unspecified atom stereocenters. The van der Waals surface area contributed by atoms with E-state index >= 15 is 0 Å². The highest BCUT2D eigenvalue weighted by atomic mass is 35.5. The van der Waals surface area contributed by atoms with Gasteiger partial charge in [-0.3, -0.25) is 9.36 Å². The van der Waals surface area contributed by atoms with Gasteiger partial charge in [0, 0.05) is 11.3 Å². The Morgan fingerprint density at radius 3 is 2.56 bits per heavy atom. The van der Waals surface area contributed by atoms with E-state index < -0.39 is 0 Å². The van der Waals surface area contributed by atoms with Crippen LogP contribution in [0.4, 0.5) is 5.69 Å². The third kappa shape index (κ3) is 5.39. The van der Waals surface area contributed by atoms with Crippen LogP contribution in [0.2, 0.25) is 5.02 Å². The van der Waals surface area contributed by atoms with E-state index in [1.165, 1.54) is 11.8 Å². The molecule has 34 heavy (non-hydrogen) atoms. The van der Waals surface area contributed by atoms with Gasteiger partial charge in [-0.05, 0) is 35.9 Å². The molecule has 170 valence electrons. The predicted octanol–water partition coefficient (Wildman–Crippen LogP) is 5.39. The van der Waals surface area contributed by atoms with Crippen LogP contribution in [-0.2, 0) is 11.2 Å². The topological polar surface area (TPSA) is 92.8 Å². The predicted molar refractivity (Wildman–Crippen MR) is 133 cm³/mol. The molecule has 0 saturated carbocycles. The maximum Gasteiger partial charge on any atom is 0.234 e. The lowest BCUT2D eigenvalue weighted by Gasteiger charge is -2.12. The van der Waals surface area contributed by atoms with Gasteiger partial charge in [-0.2, -0.15) is 5.26 Å². The fourth-order valence-electron chi connectivity index (χ4n) is 3.29. The number of hydrogen-bond acceptors (Lipinski definition) is 6. The monoisotopic (exact) mass is 489 g/mol. The maximum atomic E-state index is 12.6. The van der Waals surface area contributed by atoms with E-state index in [9.17, 15) is 4.79 Å². The lowest BCUT2D eigenvalue weighted by molar-refractivity contribution is -0.113. The van der Waals surface area contributed by atoms with Crippen molar-refractivity contribution in [3.05, 3.63) is 83.4 Å². The number of thioether (sulfide) groups is 1. The molecule has 4 aromatic rings. The van der Waals surface area contributed by atoms with Crippen LogP contribution in [-0.4, -0.2) is 33.5 Å². The van der Waals surface area contributed by atoms with Crippen molar-refractivity contribution in [1.29, 1.82) is 5.26 Å². The van der Waals surface area contributed by atoms with Gasteiger partial charge in [-0.15, -0.1) is 10.2 Å². The van der Waals surface area contributed by atoms with Crippen molar-refractivity contribution >= 4 is 35.0 Å². The average molecular weight is 490 g/mol. The first-order chi connectivity index (χ1) is 16.6. The van der Waals surface area contributed by atoms with Gasteiger partial charge in [-0.25, -0.2) is 0 Å². The van der Waals surface area contributed by atoms with Gasteiger partial charge >= 0.3 is 0 Å². The Labute approximate surface area is 206 Å². The number of carbonyl (C=O) groups is 1. The SMILES string of the molecule is COc1ccc(-n2c(SCC(=O)Nc3ccc(CC#N)cc3)nnc2-c2ccccc2)cc1Cl. The van der Waals surface area contributed by atoms with Gasteiger partial charge in [0.2, 0.25) is 5.91 Å². The van der Waals surface area contributed by atoms with E-state index in [0.29, 0.717) is 33.9 Å². The molecular weight excluding hydrogens is 470 g/mol. The second-order valence-electron chi connectivity index (χ2n) is 7.20. The summed E-state index contributed by atoms with van der Waals surface area (Å²) in [5, 5.41) is 21.4. The number of nitriles is 1. The van der Waals surface area contributed by atoms with E-state index in [4.69, 9.17) is 21.6 Å². The Hall–Kier alpha value is -3.80. The summed E-state index contributed by atoms with van der Waals surface area (Å²) in [6.07, 6.45) is 0.332. The average Bonchev–Trinajstić information content (AvgIpc) is 3.28. The Balaban J connectivity index is 1.57. The Morgan fingerprint density at radius 1 is 1.12 bits per heavy atom. The quantitative estimate of drug-likeness (QED) is 0.333. The zero-order chi connectivity index (χ0) is 23.9. The summed E-state index contributed by atoms with van der Waals surface area (Å²) in [6, 6.07) is 24.4. The van der Waals surface area contributed by atoms with Gasteiger partial charge in [0.1, 0.15) is 5.75 Å². The molecule has 9 heteroatoms. The first-order valence-electron chi connectivity index (χ1n) is 10.3. The second-order valence-corrected chi connectivity index (χ2v) is 8.54. The number of aromatic nitrogens is 3. The Morgan fingerprint density at radius 2 is 1.88 bits per heavy atom. The first-order valence-corrected chi connectivity index (χ1v) is 11.7. The van der Waals surface area contributed by atoms with Crippen molar-refractivity contribution in [2.45, 2.75) is 11.6 Å². The van der Waals surface area contributed by atoms with Crippen LogP contribution in [0, 0.1) is 11.3 Å². The lowest BCUT2D eigenvalue weighted by Crippen LogP contribution is -2.14. The van der Waals surface area contributed by atoms with Gasteiger partial charge in [0.05, 0.1) is 36.1 Å². The minimum atomic E-state index is -0.179. The van der Waals surface area contributed by atoms with Crippen molar-refractivity contribution in [2.75, 3.05) is 18.2 Å². The van der Waals surface area contributed by atoms with Crippen LogP contribution in [0.25, 0.3) is 17.1 Å². The molecule has 7 nitrogen and oxygen atoms in total. The standard InChI is InChI=1S/C25H20ClN5O2S/c1-33-22-12-11-20(15-21(22)26)31-24(18-5-3-2-4-6-18)29-30-25(31)34-16-23(32)28-19-9-7-17(8-10-19)13-14-27/h2-12,15H,13,16H2,1H3,(H,28,32). The van der Waals surface area contributed by atoms with Crippen LogP contribution < -0.4 is 10.1 Å². The smallest absolute Gasteiger partial charge is 0.234 e. The zero-order valence-corrected chi connectivity index (χ0v) is 19.8. The normalized spacial score (nSPS) is 10.5. The number of amides is 1. The number of anilines is 1. The molecule has 0 saturated heterocycles. The van der Waals surface area contributed by atoms with Crippen molar-refractivity contribution in [3.63, 3.8) is 0 Å². The van der Waals surface area contributed by atoms with Crippen molar-refractivity contribution in [1.82, 2.24) is 14.8 Å². The van der Waals surface area contributed by atoms with Crippen LogP contribution in [0.1, 0.15) is 5.56 Å². The number of nitrogens with one attached hydrogen (secondary N) is 1. The fraction of sp³-hybridized carbons (Fsp3) is 0.120. The van der Waals surface area contributed by atoms with Crippen LogP contribution in [0.15, 0.2) is 78.0 Å². The number of rotatable bonds is 8. The molecule has 1 amide bonds. The van der Waals surface area contributed by atoms with Crippen molar-refractivity contribution in [2.24, 2.45) is 0 Å². The molecule has 4 rings (SSSR count). The first kappa shape index (κ1) is 23.4. The molecule has 1 heterocycles. The maximum absolute atomic E-state index is 12.6. The van der Waals surface area contributed by atoms with Gasteiger partial charge in [0.15, 0.2) is 11.0 Å². The number of hydrogen-bond donors (Lipinski definition) is 1. The van der Waals surface area contributed by atoms with E-state index in [2.05, 4.69) is 21.6 Å². The number of benzene rings is 3. The molecule has 0 aliphatic heterocycles. The summed E-state index contributed by atoms with van der Waals surface area (Å²) >= 11 is 7.65. The number of halogens is 1. The van der Waals surface area contributed by atoms with Crippen molar-refractivity contribution in [3.8, 4) is 28.9 Å². The molecule has 0 radical (unpaired) electrons. The summed E-state index contributed by atoms with van der Waals surface area (Å²) in [6.45, 7) is 0. The lowest BCUT2D eigenvalue weighted by atomic mass is 10.1. The highest BCUT2D eigenvalue weighted by molar-refractivity contribution is 7.99. The minimum absolute atomic E-state index is 0.136. The Bertz CT molecular complexity index is 1330. The third-order valence-corrected chi connectivity index (χ3v) is 6.14. The second kappa shape index (κ2) is 10.9. The molecule has 0 aliphatic rings. The highest BCUT2D eigenvalue weighted by Crippen LogP contribution is 2.32. The van der Waals surface area contributed by atoms with Gasteiger partial charge < -0.3 is 10.1 Å². The van der Waals surface area contributed by atoms with Gasteiger partial charge in [-0.1, -0.05) is 65.8 Å². The summed E-state index contributed by atoms with van der Waals surface area (Å²) in [5.74, 6) is 1.16. The highest BCUT2D eigenvalue weighted by Gasteiger charge is 2.18. The zero-order valence-electron chi connectivity index (χ0n) is 18.2. The number of nitrogens with zero attached hydrogens (tertiary/aromatic N) is 4.